The predicted molar refractivity (Wildman–Crippen MR) is 90.0 cm³/mol. The summed E-state index contributed by atoms with van der Waals surface area (Å²) in [5, 5.41) is 6.63. The van der Waals surface area contributed by atoms with E-state index in [1.807, 2.05) is 0 Å². The van der Waals surface area contributed by atoms with E-state index in [1.54, 1.807) is 12.1 Å². The molecule has 0 unspecified atom stereocenters. The molecule has 2 aromatic rings. The highest BCUT2D eigenvalue weighted by atomic mass is 32.1. The molecule has 0 aromatic carbocycles. The van der Waals surface area contributed by atoms with Gasteiger partial charge in [0.05, 0.1) is 9.75 Å². The maximum absolute atomic E-state index is 12.8. The Kier molecular flexibility index (Phi) is 4.31. The van der Waals surface area contributed by atoms with Crippen LogP contribution >= 0.6 is 11.3 Å². The first-order chi connectivity index (χ1) is 12.3. The molecule has 26 heavy (non-hydrogen) atoms. The molecule has 2 aromatic heterocycles. The van der Waals surface area contributed by atoms with Crippen molar-refractivity contribution in [1.29, 1.82) is 0 Å². The first-order valence-electron chi connectivity index (χ1n) is 8.50. The Morgan fingerprint density at radius 3 is 2.65 bits per heavy atom. The molecule has 0 radical (unpaired) electrons. The van der Waals surface area contributed by atoms with Crippen LogP contribution in [0, 0.1) is 12.8 Å². The summed E-state index contributed by atoms with van der Waals surface area (Å²) in [5.41, 5.74) is 0.0629. The maximum atomic E-state index is 12.8. The molecule has 3 fully saturated rings. The van der Waals surface area contributed by atoms with Crippen LogP contribution in [0.15, 0.2) is 16.7 Å². The third kappa shape index (κ3) is 3.14. The Bertz CT molecular complexity index is 822. The molecule has 3 saturated heterocycles. The van der Waals surface area contributed by atoms with E-state index in [1.165, 1.54) is 6.92 Å². The van der Waals surface area contributed by atoms with Gasteiger partial charge in [-0.05, 0) is 50.9 Å². The Balaban J connectivity index is 1.50. The number of piperidine rings is 3. The van der Waals surface area contributed by atoms with Crippen molar-refractivity contribution in [3.05, 3.63) is 28.3 Å². The number of thiophene rings is 1. The fourth-order valence-corrected chi connectivity index (χ4v) is 4.73. The number of carbonyl (C=O) groups is 1. The second kappa shape index (κ2) is 6.38. The van der Waals surface area contributed by atoms with Crippen molar-refractivity contribution >= 4 is 17.2 Å². The van der Waals surface area contributed by atoms with E-state index in [4.69, 9.17) is 0 Å². The molecule has 3 aliphatic heterocycles. The summed E-state index contributed by atoms with van der Waals surface area (Å²) in [6.07, 6.45) is -2.39. The van der Waals surface area contributed by atoms with Gasteiger partial charge in [-0.3, -0.25) is 4.79 Å². The molecule has 0 aliphatic carbocycles. The van der Waals surface area contributed by atoms with Crippen molar-refractivity contribution in [2.75, 3.05) is 19.6 Å². The summed E-state index contributed by atoms with van der Waals surface area (Å²) in [5.74, 6) is -0.771. The van der Waals surface area contributed by atoms with Gasteiger partial charge in [-0.15, -0.1) is 11.3 Å². The van der Waals surface area contributed by atoms with Crippen LogP contribution in [0.4, 0.5) is 13.2 Å². The van der Waals surface area contributed by atoms with Crippen LogP contribution in [0.5, 0.6) is 0 Å². The van der Waals surface area contributed by atoms with Gasteiger partial charge in [0, 0.05) is 18.2 Å². The molecule has 0 spiro atoms. The molecule has 0 saturated carbocycles. The Morgan fingerprint density at radius 2 is 2.08 bits per heavy atom. The lowest BCUT2D eigenvalue weighted by Crippen LogP contribution is -2.57. The van der Waals surface area contributed by atoms with Gasteiger partial charge in [-0.25, -0.2) is 0 Å². The van der Waals surface area contributed by atoms with Crippen molar-refractivity contribution in [1.82, 2.24) is 15.4 Å². The van der Waals surface area contributed by atoms with Gasteiger partial charge in [-0.2, -0.15) is 13.2 Å². The van der Waals surface area contributed by atoms with Gasteiger partial charge in [0.15, 0.2) is 0 Å². The first kappa shape index (κ1) is 17.5. The van der Waals surface area contributed by atoms with Gasteiger partial charge in [-0.1, -0.05) is 5.16 Å². The molecule has 5 heterocycles. The van der Waals surface area contributed by atoms with Crippen molar-refractivity contribution in [3.63, 3.8) is 0 Å². The number of hydrogen-bond acceptors (Lipinski definition) is 5. The van der Waals surface area contributed by atoms with E-state index in [2.05, 4.69) is 19.9 Å². The van der Waals surface area contributed by atoms with Gasteiger partial charge in [0.1, 0.15) is 5.69 Å². The molecule has 9 heteroatoms. The highest BCUT2D eigenvalue weighted by Crippen LogP contribution is 2.38. The number of aromatic nitrogens is 1. The van der Waals surface area contributed by atoms with Gasteiger partial charge in [0.2, 0.25) is 5.76 Å². The molecule has 1 amide bonds. The second-order valence-electron chi connectivity index (χ2n) is 6.86. The number of alkyl halides is 3. The van der Waals surface area contributed by atoms with Gasteiger partial charge < -0.3 is 14.7 Å². The normalized spacial score (nSPS) is 25.5. The van der Waals surface area contributed by atoms with E-state index >= 15 is 0 Å². The van der Waals surface area contributed by atoms with Crippen LogP contribution in [-0.2, 0) is 6.18 Å². The number of fused-ring (bicyclic) bond motifs is 3. The van der Waals surface area contributed by atoms with Crippen LogP contribution < -0.4 is 5.32 Å². The fourth-order valence-electron chi connectivity index (χ4n) is 3.79. The zero-order valence-electron chi connectivity index (χ0n) is 14.1. The Labute approximate surface area is 152 Å². The number of halogens is 3. The minimum atomic E-state index is -4.58. The molecule has 2 bridgehead atoms. The topological polar surface area (TPSA) is 58.4 Å². The van der Waals surface area contributed by atoms with Crippen LogP contribution in [0.2, 0.25) is 0 Å². The number of hydrogen-bond donors (Lipinski definition) is 1. The SMILES string of the molecule is Cc1c(-c2ccc(C(=O)N[C@@H]3CN4CCC3CC4)s2)noc1C(F)(F)F. The zero-order valence-corrected chi connectivity index (χ0v) is 14.9. The van der Waals surface area contributed by atoms with Crippen LogP contribution in [0.1, 0.15) is 33.8 Å². The molecule has 5 rings (SSSR count). The summed E-state index contributed by atoms with van der Waals surface area (Å²) in [6, 6.07) is 3.38. The van der Waals surface area contributed by atoms with E-state index < -0.39 is 11.9 Å². The number of carbonyl (C=O) groups excluding carboxylic acids is 1. The standard InChI is InChI=1S/C17H18F3N3O2S/c1-9-14(22-25-15(9)17(18,19)20)12-2-3-13(26-12)16(24)21-11-8-23-6-4-10(11)5-7-23/h2-3,10-11H,4-8H2,1H3,(H,21,24)/t11-/m1/s1. The zero-order chi connectivity index (χ0) is 18.5. The number of rotatable bonds is 3. The molecular formula is C17H18F3N3O2S. The average Bonchev–Trinajstić information content (AvgIpc) is 3.22. The molecule has 140 valence electrons. The lowest BCUT2D eigenvalue weighted by molar-refractivity contribution is -0.156. The molecule has 1 atom stereocenters. The van der Waals surface area contributed by atoms with Crippen molar-refractivity contribution in [3.8, 4) is 10.6 Å². The average molecular weight is 385 g/mol. The molecule has 5 nitrogen and oxygen atoms in total. The van der Waals surface area contributed by atoms with Crippen molar-refractivity contribution in [2.45, 2.75) is 32.0 Å². The summed E-state index contributed by atoms with van der Waals surface area (Å²) in [4.78, 5) is 15.8. The van der Waals surface area contributed by atoms with Crippen molar-refractivity contribution in [2.24, 2.45) is 5.92 Å². The molecular weight excluding hydrogens is 367 g/mol. The van der Waals surface area contributed by atoms with Crippen molar-refractivity contribution < 1.29 is 22.5 Å². The summed E-state index contributed by atoms with van der Waals surface area (Å²) in [7, 11) is 0. The third-order valence-corrected chi connectivity index (χ3v) is 6.31. The summed E-state index contributed by atoms with van der Waals surface area (Å²) >= 11 is 1.13. The Hall–Kier alpha value is -1.87. The largest absolute Gasteiger partial charge is 0.452 e. The highest BCUT2D eigenvalue weighted by Gasteiger charge is 2.39. The van der Waals surface area contributed by atoms with Crippen LogP contribution in [0.25, 0.3) is 10.6 Å². The Morgan fingerprint density at radius 1 is 1.35 bits per heavy atom. The predicted octanol–water partition coefficient (Wildman–Crippen LogP) is 3.55. The van der Waals surface area contributed by atoms with Crippen LogP contribution in [-0.4, -0.2) is 41.6 Å². The fraction of sp³-hybridized carbons (Fsp3) is 0.529. The van der Waals surface area contributed by atoms with E-state index in [0.717, 1.165) is 43.8 Å². The maximum Gasteiger partial charge on any atom is 0.452 e. The number of amides is 1. The van der Waals surface area contributed by atoms with Crippen LogP contribution in [0.3, 0.4) is 0 Å². The smallest absolute Gasteiger partial charge is 0.351 e. The third-order valence-electron chi connectivity index (χ3n) is 5.22. The van der Waals surface area contributed by atoms with E-state index in [0.29, 0.717) is 15.7 Å². The lowest BCUT2D eigenvalue weighted by atomic mass is 9.84. The second-order valence-corrected chi connectivity index (χ2v) is 7.95. The summed E-state index contributed by atoms with van der Waals surface area (Å²) in [6.45, 7) is 4.37. The number of nitrogens with one attached hydrogen (secondary N) is 1. The quantitative estimate of drug-likeness (QED) is 0.878. The van der Waals surface area contributed by atoms with Gasteiger partial charge in [0.25, 0.3) is 5.91 Å². The van der Waals surface area contributed by atoms with E-state index in [9.17, 15) is 18.0 Å². The molecule has 1 N–H and O–H groups in total. The number of nitrogens with zero attached hydrogens (tertiary/aromatic N) is 2. The summed E-state index contributed by atoms with van der Waals surface area (Å²) < 4.78 is 43.0. The monoisotopic (exact) mass is 385 g/mol. The lowest BCUT2D eigenvalue weighted by Gasteiger charge is -2.44. The minimum absolute atomic E-state index is 0.0660. The minimum Gasteiger partial charge on any atom is -0.351 e. The first-order valence-corrected chi connectivity index (χ1v) is 9.31. The molecule has 3 aliphatic rings. The van der Waals surface area contributed by atoms with Gasteiger partial charge >= 0.3 is 6.18 Å². The highest BCUT2D eigenvalue weighted by molar-refractivity contribution is 7.17. The van der Waals surface area contributed by atoms with E-state index in [-0.39, 0.29) is 23.2 Å².